The average molecular weight is 342 g/mol. The van der Waals surface area contributed by atoms with Gasteiger partial charge >= 0.3 is 0 Å². The van der Waals surface area contributed by atoms with Crippen molar-refractivity contribution < 1.29 is 9.18 Å². The standard InChI is InChI=1S/C21H27FN2O/c1-5-15(2)17-10-12-19(13-11-17)23-21(25)16(3)24(4)14-18-8-6-7-9-20(18)22/h6-13,15-16H,5,14H2,1-4H3,(H,23,25)/t15-,16+/m1/s1. The molecule has 0 fully saturated rings. The SMILES string of the molecule is CC[C@@H](C)c1ccc(NC(=O)[C@H](C)N(C)Cc2ccccc2F)cc1. The Hall–Kier alpha value is -2.20. The van der Waals surface area contributed by atoms with Gasteiger partial charge in [-0.15, -0.1) is 0 Å². The van der Waals surface area contributed by atoms with Crippen molar-refractivity contribution >= 4 is 11.6 Å². The Kier molecular flexibility index (Phi) is 6.71. The van der Waals surface area contributed by atoms with Crippen molar-refractivity contribution in [3.63, 3.8) is 0 Å². The molecule has 0 aliphatic heterocycles. The number of hydrogen-bond acceptors (Lipinski definition) is 2. The molecule has 0 bridgehead atoms. The number of halogens is 1. The van der Waals surface area contributed by atoms with Gasteiger partial charge in [-0.25, -0.2) is 4.39 Å². The predicted molar refractivity (Wildman–Crippen MR) is 101 cm³/mol. The van der Waals surface area contributed by atoms with E-state index in [0.717, 1.165) is 12.1 Å². The molecular formula is C21H27FN2O. The summed E-state index contributed by atoms with van der Waals surface area (Å²) in [6.07, 6.45) is 1.09. The summed E-state index contributed by atoms with van der Waals surface area (Å²) in [5.74, 6) is 0.160. The Morgan fingerprint density at radius 1 is 1.12 bits per heavy atom. The van der Waals surface area contributed by atoms with Crippen molar-refractivity contribution in [2.24, 2.45) is 0 Å². The van der Waals surface area contributed by atoms with Crippen molar-refractivity contribution in [2.45, 2.75) is 45.7 Å². The van der Waals surface area contributed by atoms with Crippen LogP contribution in [0, 0.1) is 5.82 Å². The van der Waals surface area contributed by atoms with Crippen LogP contribution in [0.2, 0.25) is 0 Å². The van der Waals surface area contributed by atoms with Crippen molar-refractivity contribution in [1.29, 1.82) is 0 Å². The van der Waals surface area contributed by atoms with Crippen molar-refractivity contribution in [3.8, 4) is 0 Å². The molecule has 2 aromatic carbocycles. The second-order valence-corrected chi connectivity index (χ2v) is 6.60. The molecule has 1 amide bonds. The number of likely N-dealkylation sites (N-methyl/N-ethyl adjacent to an activating group) is 1. The molecule has 0 aromatic heterocycles. The van der Waals surface area contributed by atoms with Crippen LogP contribution in [0.15, 0.2) is 48.5 Å². The molecule has 3 nitrogen and oxygen atoms in total. The highest BCUT2D eigenvalue weighted by molar-refractivity contribution is 5.94. The summed E-state index contributed by atoms with van der Waals surface area (Å²) in [4.78, 5) is 14.3. The van der Waals surface area contributed by atoms with Crippen LogP contribution in [0.5, 0.6) is 0 Å². The van der Waals surface area contributed by atoms with E-state index in [0.29, 0.717) is 18.0 Å². The third-order valence-electron chi connectivity index (χ3n) is 4.78. The number of rotatable bonds is 7. The van der Waals surface area contributed by atoms with E-state index in [9.17, 15) is 9.18 Å². The van der Waals surface area contributed by atoms with Gasteiger partial charge in [-0.1, -0.05) is 44.2 Å². The van der Waals surface area contributed by atoms with Gasteiger partial charge in [-0.2, -0.15) is 0 Å². The highest BCUT2D eigenvalue weighted by Gasteiger charge is 2.19. The fourth-order valence-electron chi connectivity index (χ4n) is 2.61. The fourth-order valence-corrected chi connectivity index (χ4v) is 2.61. The van der Waals surface area contributed by atoms with E-state index in [1.54, 1.807) is 18.2 Å². The maximum Gasteiger partial charge on any atom is 0.241 e. The zero-order valence-electron chi connectivity index (χ0n) is 15.4. The molecule has 2 rings (SSSR count). The Morgan fingerprint density at radius 2 is 1.76 bits per heavy atom. The molecule has 2 atom stereocenters. The number of carbonyl (C=O) groups excluding carboxylic acids is 1. The Morgan fingerprint density at radius 3 is 2.36 bits per heavy atom. The van der Waals surface area contributed by atoms with Crippen LogP contribution in [-0.2, 0) is 11.3 Å². The lowest BCUT2D eigenvalue weighted by molar-refractivity contribution is -0.120. The zero-order valence-corrected chi connectivity index (χ0v) is 15.4. The Labute approximate surface area is 149 Å². The predicted octanol–water partition coefficient (Wildman–Crippen LogP) is 4.80. The van der Waals surface area contributed by atoms with Crippen molar-refractivity contribution in [3.05, 3.63) is 65.5 Å². The van der Waals surface area contributed by atoms with Gasteiger partial charge in [0, 0.05) is 17.8 Å². The first-order valence-electron chi connectivity index (χ1n) is 8.76. The molecule has 0 radical (unpaired) electrons. The highest BCUT2D eigenvalue weighted by Crippen LogP contribution is 2.20. The summed E-state index contributed by atoms with van der Waals surface area (Å²) in [5, 5.41) is 2.93. The molecule has 0 aliphatic rings. The molecular weight excluding hydrogens is 315 g/mol. The zero-order chi connectivity index (χ0) is 18.4. The summed E-state index contributed by atoms with van der Waals surface area (Å²) in [5.41, 5.74) is 2.64. The first-order valence-corrected chi connectivity index (χ1v) is 8.76. The molecule has 0 saturated carbocycles. The van der Waals surface area contributed by atoms with E-state index in [1.165, 1.54) is 11.6 Å². The van der Waals surface area contributed by atoms with Gasteiger partial charge in [0.2, 0.25) is 5.91 Å². The number of hydrogen-bond donors (Lipinski definition) is 1. The molecule has 0 heterocycles. The van der Waals surface area contributed by atoms with Crippen LogP contribution >= 0.6 is 0 Å². The van der Waals surface area contributed by atoms with Crippen LogP contribution in [0.4, 0.5) is 10.1 Å². The minimum atomic E-state index is -0.367. The molecule has 1 N–H and O–H groups in total. The van der Waals surface area contributed by atoms with E-state index in [1.807, 2.05) is 31.0 Å². The van der Waals surface area contributed by atoms with Gasteiger partial charge in [-0.3, -0.25) is 9.69 Å². The van der Waals surface area contributed by atoms with Crippen molar-refractivity contribution in [2.75, 3.05) is 12.4 Å². The first-order chi connectivity index (χ1) is 11.9. The number of nitrogens with zero attached hydrogens (tertiary/aromatic N) is 1. The monoisotopic (exact) mass is 342 g/mol. The van der Waals surface area contributed by atoms with Gasteiger partial charge in [0.05, 0.1) is 6.04 Å². The van der Waals surface area contributed by atoms with Crippen molar-refractivity contribution in [1.82, 2.24) is 4.90 Å². The highest BCUT2D eigenvalue weighted by atomic mass is 19.1. The molecule has 0 spiro atoms. The fraction of sp³-hybridized carbons (Fsp3) is 0.381. The van der Waals surface area contributed by atoms with Crippen LogP contribution in [0.3, 0.4) is 0 Å². The maximum atomic E-state index is 13.8. The van der Waals surface area contributed by atoms with E-state index in [2.05, 4.69) is 31.3 Å². The van der Waals surface area contributed by atoms with Gasteiger partial charge in [0.25, 0.3) is 0 Å². The number of amides is 1. The van der Waals surface area contributed by atoms with Gasteiger partial charge in [0.1, 0.15) is 5.82 Å². The molecule has 25 heavy (non-hydrogen) atoms. The largest absolute Gasteiger partial charge is 0.325 e. The van der Waals surface area contributed by atoms with E-state index < -0.39 is 0 Å². The van der Waals surface area contributed by atoms with Gasteiger partial charge in [-0.05, 0) is 50.1 Å². The van der Waals surface area contributed by atoms with Crippen LogP contribution in [-0.4, -0.2) is 23.9 Å². The molecule has 0 unspecified atom stereocenters. The summed E-state index contributed by atoms with van der Waals surface area (Å²) >= 11 is 0. The summed E-state index contributed by atoms with van der Waals surface area (Å²) in [6.45, 7) is 6.55. The van der Waals surface area contributed by atoms with Crippen LogP contribution in [0.1, 0.15) is 44.2 Å². The smallest absolute Gasteiger partial charge is 0.241 e. The van der Waals surface area contributed by atoms with Gasteiger partial charge in [0.15, 0.2) is 0 Å². The third kappa shape index (κ3) is 5.13. The second-order valence-electron chi connectivity index (χ2n) is 6.60. The van der Waals surface area contributed by atoms with Crippen LogP contribution in [0.25, 0.3) is 0 Å². The summed E-state index contributed by atoms with van der Waals surface area (Å²) < 4.78 is 13.8. The summed E-state index contributed by atoms with van der Waals surface area (Å²) in [7, 11) is 1.82. The van der Waals surface area contributed by atoms with E-state index in [-0.39, 0.29) is 17.8 Å². The molecule has 134 valence electrons. The number of anilines is 1. The number of benzene rings is 2. The van der Waals surface area contributed by atoms with Gasteiger partial charge < -0.3 is 5.32 Å². The van der Waals surface area contributed by atoms with E-state index >= 15 is 0 Å². The molecule has 0 aliphatic carbocycles. The number of carbonyl (C=O) groups is 1. The lowest BCUT2D eigenvalue weighted by atomic mass is 9.98. The molecule has 0 saturated heterocycles. The molecule has 2 aromatic rings. The lowest BCUT2D eigenvalue weighted by Crippen LogP contribution is -2.39. The minimum absolute atomic E-state index is 0.102. The topological polar surface area (TPSA) is 32.3 Å². The second kappa shape index (κ2) is 8.77. The van der Waals surface area contributed by atoms with E-state index in [4.69, 9.17) is 0 Å². The lowest BCUT2D eigenvalue weighted by Gasteiger charge is -2.24. The first kappa shape index (κ1) is 19.1. The maximum absolute atomic E-state index is 13.8. The molecule has 4 heteroatoms. The Balaban J connectivity index is 1.96. The third-order valence-corrected chi connectivity index (χ3v) is 4.78. The normalized spacial score (nSPS) is 13.5. The summed E-state index contributed by atoms with van der Waals surface area (Å²) in [6, 6.07) is 14.2. The minimum Gasteiger partial charge on any atom is -0.325 e. The quantitative estimate of drug-likeness (QED) is 0.784. The number of nitrogens with one attached hydrogen (secondary N) is 1. The Bertz CT molecular complexity index is 699. The van der Waals surface area contributed by atoms with Crippen LogP contribution < -0.4 is 5.32 Å². The average Bonchev–Trinajstić information content (AvgIpc) is 2.62.